The molecular formula is C17H24ClF3N2O2S. The predicted molar refractivity (Wildman–Crippen MR) is 98.9 cm³/mol. The van der Waals surface area contributed by atoms with Crippen LogP contribution in [0.15, 0.2) is 12.1 Å². The van der Waals surface area contributed by atoms with Crippen LogP contribution >= 0.6 is 25.1 Å². The highest BCUT2D eigenvalue weighted by atomic mass is 35.5. The highest BCUT2D eigenvalue weighted by Crippen LogP contribution is 2.31. The van der Waals surface area contributed by atoms with E-state index in [0.29, 0.717) is 37.9 Å². The number of likely N-dealkylation sites (tertiary alicyclic amines) is 1. The maximum atomic E-state index is 12.8. The highest BCUT2D eigenvalue weighted by molar-refractivity contribution is 7.59. The SMILES string of the molecule is CC(C)(C)OC(=O)N1CCC(Cc2cc(Cl)nc(C(F)(F)F)c2)CC1.S. The molecular weight excluding hydrogens is 389 g/mol. The Kier molecular flexibility index (Phi) is 7.65. The molecule has 0 radical (unpaired) electrons. The van der Waals surface area contributed by atoms with Crippen LogP contribution in [0.5, 0.6) is 0 Å². The lowest BCUT2D eigenvalue weighted by atomic mass is 9.90. The van der Waals surface area contributed by atoms with E-state index in [1.165, 1.54) is 6.07 Å². The second-order valence-electron chi connectivity index (χ2n) is 7.30. The van der Waals surface area contributed by atoms with Crippen molar-refractivity contribution in [1.82, 2.24) is 9.88 Å². The first-order chi connectivity index (χ1) is 11.4. The zero-order chi connectivity index (χ0) is 18.8. The van der Waals surface area contributed by atoms with Crippen LogP contribution in [0.1, 0.15) is 44.9 Å². The minimum Gasteiger partial charge on any atom is -0.444 e. The Hall–Kier alpha value is -1.15. The van der Waals surface area contributed by atoms with Gasteiger partial charge in [-0.25, -0.2) is 9.78 Å². The fraction of sp³-hybridized carbons (Fsp3) is 0.647. The van der Waals surface area contributed by atoms with Gasteiger partial charge in [-0.1, -0.05) is 11.6 Å². The van der Waals surface area contributed by atoms with Crippen molar-refractivity contribution in [3.05, 3.63) is 28.5 Å². The van der Waals surface area contributed by atoms with Crippen molar-refractivity contribution >= 4 is 31.2 Å². The topological polar surface area (TPSA) is 42.4 Å². The Morgan fingerprint density at radius 2 is 1.85 bits per heavy atom. The van der Waals surface area contributed by atoms with Crippen LogP contribution in [0.2, 0.25) is 5.15 Å². The summed E-state index contributed by atoms with van der Waals surface area (Å²) in [6, 6.07) is 2.52. The third kappa shape index (κ3) is 6.87. The van der Waals surface area contributed by atoms with Crippen molar-refractivity contribution < 1.29 is 22.7 Å². The molecule has 26 heavy (non-hydrogen) atoms. The number of hydrogen-bond donors (Lipinski definition) is 0. The van der Waals surface area contributed by atoms with Gasteiger partial charge in [0.15, 0.2) is 0 Å². The van der Waals surface area contributed by atoms with E-state index in [-0.39, 0.29) is 30.7 Å². The molecule has 2 rings (SSSR count). The Balaban J connectivity index is 0.00000338. The van der Waals surface area contributed by atoms with Crippen LogP contribution in [-0.4, -0.2) is 34.7 Å². The van der Waals surface area contributed by atoms with E-state index in [0.717, 1.165) is 6.07 Å². The zero-order valence-corrected chi connectivity index (χ0v) is 16.7. The Labute approximate surface area is 163 Å². The number of pyridine rings is 1. The van der Waals surface area contributed by atoms with E-state index in [2.05, 4.69) is 4.98 Å². The average molecular weight is 413 g/mol. The van der Waals surface area contributed by atoms with Crippen LogP contribution in [-0.2, 0) is 17.3 Å². The van der Waals surface area contributed by atoms with Crippen LogP contribution in [0, 0.1) is 5.92 Å². The van der Waals surface area contributed by atoms with Gasteiger partial charge >= 0.3 is 12.3 Å². The van der Waals surface area contributed by atoms with Crippen LogP contribution in [0.4, 0.5) is 18.0 Å². The summed E-state index contributed by atoms with van der Waals surface area (Å²) >= 11 is 5.72. The van der Waals surface area contributed by atoms with Gasteiger partial charge in [-0.05, 0) is 63.6 Å². The van der Waals surface area contributed by atoms with Crippen molar-refractivity contribution in [1.29, 1.82) is 0 Å². The maximum absolute atomic E-state index is 12.8. The number of carbonyl (C=O) groups excluding carboxylic acids is 1. The average Bonchev–Trinajstić information content (AvgIpc) is 2.44. The highest BCUT2D eigenvalue weighted by Gasteiger charge is 2.33. The molecule has 1 aromatic rings. The van der Waals surface area contributed by atoms with Crippen molar-refractivity contribution in [2.75, 3.05) is 13.1 Å². The summed E-state index contributed by atoms with van der Waals surface area (Å²) in [4.78, 5) is 17.0. The van der Waals surface area contributed by atoms with Crippen LogP contribution in [0.3, 0.4) is 0 Å². The molecule has 0 N–H and O–H groups in total. The number of alkyl halides is 3. The monoisotopic (exact) mass is 412 g/mol. The number of carbonyl (C=O) groups is 1. The summed E-state index contributed by atoms with van der Waals surface area (Å²) in [5.74, 6) is 0.193. The first kappa shape index (κ1) is 22.9. The molecule has 0 saturated carbocycles. The van der Waals surface area contributed by atoms with Gasteiger partial charge < -0.3 is 9.64 Å². The fourth-order valence-corrected chi connectivity index (χ4v) is 3.02. The standard InChI is InChI=1S/C17H22ClF3N2O2.H2S/c1-16(2,3)25-15(24)23-6-4-11(5-7-23)8-12-9-13(17(19,20)21)22-14(18)10-12;/h9-11H,4-8H2,1-3H3;1H2. The predicted octanol–water partition coefficient (Wildman–Crippen LogP) is 5.06. The number of piperidine rings is 1. The number of aromatic nitrogens is 1. The molecule has 4 nitrogen and oxygen atoms in total. The van der Waals surface area contributed by atoms with Gasteiger partial charge in [0, 0.05) is 13.1 Å². The van der Waals surface area contributed by atoms with Gasteiger partial charge in [0.2, 0.25) is 0 Å². The Morgan fingerprint density at radius 1 is 1.27 bits per heavy atom. The Bertz CT molecular complexity index is 627. The molecule has 1 aliphatic heterocycles. The van der Waals surface area contributed by atoms with Gasteiger partial charge in [0.25, 0.3) is 0 Å². The first-order valence-electron chi connectivity index (χ1n) is 8.15. The minimum absolute atomic E-state index is 0. The molecule has 0 spiro atoms. The molecule has 9 heteroatoms. The number of nitrogens with zero attached hydrogens (tertiary/aromatic N) is 2. The van der Waals surface area contributed by atoms with E-state index in [1.807, 2.05) is 20.8 Å². The fourth-order valence-electron chi connectivity index (χ4n) is 2.79. The molecule has 2 heterocycles. The second kappa shape index (κ2) is 8.69. The number of ether oxygens (including phenoxy) is 1. The molecule has 0 bridgehead atoms. The first-order valence-corrected chi connectivity index (χ1v) is 8.53. The van der Waals surface area contributed by atoms with E-state index >= 15 is 0 Å². The van der Waals surface area contributed by atoms with E-state index in [9.17, 15) is 18.0 Å². The largest absolute Gasteiger partial charge is 0.444 e. The summed E-state index contributed by atoms with van der Waals surface area (Å²) in [6.07, 6.45) is -2.97. The molecule has 148 valence electrons. The van der Waals surface area contributed by atoms with E-state index in [4.69, 9.17) is 16.3 Å². The van der Waals surface area contributed by atoms with Crippen molar-refractivity contribution in [3.63, 3.8) is 0 Å². The second-order valence-corrected chi connectivity index (χ2v) is 7.68. The lowest BCUT2D eigenvalue weighted by molar-refractivity contribution is -0.141. The Morgan fingerprint density at radius 3 is 2.35 bits per heavy atom. The maximum Gasteiger partial charge on any atom is 0.433 e. The number of hydrogen-bond acceptors (Lipinski definition) is 3. The van der Waals surface area contributed by atoms with Gasteiger partial charge in [-0.2, -0.15) is 26.7 Å². The summed E-state index contributed by atoms with van der Waals surface area (Å²) in [7, 11) is 0. The van der Waals surface area contributed by atoms with E-state index in [1.54, 1.807) is 4.90 Å². The molecule has 1 aromatic heterocycles. The van der Waals surface area contributed by atoms with Crippen LogP contribution in [0.25, 0.3) is 0 Å². The summed E-state index contributed by atoms with van der Waals surface area (Å²) in [5.41, 5.74) is -1.00. The van der Waals surface area contributed by atoms with Crippen molar-refractivity contribution in [3.8, 4) is 0 Å². The summed E-state index contributed by atoms with van der Waals surface area (Å²) in [6.45, 7) is 6.49. The molecule has 0 unspecified atom stereocenters. The van der Waals surface area contributed by atoms with Gasteiger partial charge in [0.05, 0.1) is 0 Å². The molecule has 1 fully saturated rings. The third-order valence-electron chi connectivity index (χ3n) is 3.93. The third-order valence-corrected chi connectivity index (χ3v) is 4.13. The number of amides is 1. The molecule has 1 aliphatic rings. The van der Waals surface area contributed by atoms with E-state index < -0.39 is 17.5 Å². The van der Waals surface area contributed by atoms with Crippen LogP contribution < -0.4 is 0 Å². The molecule has 0 atom stereocenters. The number of rotatable bonds is 2. The molecule has 1 amide bonds. The minimum atomic E-state index is -4.51. The summed E-state index contributed by atoms with van der Waals surface area (Å²) < 4.78 is 43.8. The quantitative estimate of drug-likeness (QED) is 0.638. The lowest BCUT2D eigenvalue weighted by Gasteiger charge is -2.33. The molecule has 0 aliphatic carbocycles. The lowest BCUT2D eigenvalue weighted by Crippen LogP contribution is -2.42. The van der Waals surface area contributed by atoms with Gasteiger partial charge in [-0.15, -0.1) is 0 Å². The van der Waals surface area contributed by atoms with Gasteiger partial charge in [-0.3, -0.25) is 0 Å². The van der Waals surface area contributed by atoms with Gasteiger partial charge in [0.1, 0.15) is 16.4 Å². The molecule has 0 aromatic carbocycles. The smallest absolute Gasteiger partial charge is 0.433 e. The zero-order valence-electron chi connectivity index (χ0n) is 15.0. The summed E-state index contributed by atoms with van der Waals surface area (Å²) in [5, 5.41) is -0.156. The van der Waals surface area contributed by atoms with Crippen molar-refractivity contribution in [2.45, 2.75) is 51.8 Å². The molecule has 1 saturated heterocycles. The number of halogens is 4. The normalized spacial score (nSPS) is 16.2. The van der Waals surface area contributed by atoms with Crippen molar-refractivity contribution in [2.24, 2.45) is 5.92 Å².